The molecule has 0 unspecified atom stereocenters. The number of piperidine rings is 1. The third kappa shape index (κ3) is 5.92. The zero-order chi connectivity index (χ0) is 22.6. The number of nitrogens with one attached hydrogen (secondary N) is 1. The summed E-state index contributed by atoms with van der Waals surface area (Å²) in [4.78, 5) is 23.5. The van der Waals surface area contributed by atoms with Crippen LogP contribution in [0.1, 0.15) is 12.8 Å². The molecular weight excluding hydrogens is 426 g/mol. The molecule has 166 valence electrons. The van der Waals surface area contributed by atoms with Gasteiger partial charge in [-0.15, -0.1) is 0 Å². The topological polar surface area (TPSA) is 128 Å². The van der Waals surface area contributed by atoms with Crippen LogP contribution in [0.25, 0.3) is 0 Å². The van der Waals surface area contributed by atoms with Gasteiger partial charge < -0.3 is 14.8 Å². The molecule has 1 aliphatic heterocycles. The van der Waals surface area contributed by atoms with Crippen LogP contribution in [0.15, 0.2) is 42.5 Å². The number of nitro benzene ring substituents is 1. The number of rotatable bonds is 7. The van der Waals surface area contributed by atoms with E-state index in [9.17, 15) is 23.3 Å². The zero-order valence-corrected chi connectivity index (χ0v) is 17.9. The smallest absolute Gasteiger partial charge is 0.275 e. The lowest BCUT2D eigenvalue weighted by Gasteiger charge is -2.30. The average Bonchev–Trinajstić information content (AvgIpc) is 2.73. The molecule has 0 saturated carbocycles. The molecule has 11 heteroatoms. The first-order valence-corrected chi connectivity index (χ1v) is 11.4. The van der Waals surface area contributed by atoms with E-state index in [1.165, 1.54) is 29.6 Å². The Morgan fingerprint density at radius 1 is 1.16 bits per heavy atom. The number of carbonyl (C=O) groups excluding carboxylic acids is 1. The molecule has 1 fully saturated rings. The summed E-state index contributed by atoms with van der Waals surface area (Å²) in [5, 5.41) is 14.0. The largest absolute Gasteiger partial charge is 0.497 e. The fraction of sp³-hybridized carbons (Fsp3) is 0.350. The minimum atomic E-state index is -3.39. The van der Waals surface area contributed by atoms with Gasteiger partial charge in [-0.3, -0.25) is 14.9 Å². The summed E-state index contributed by atoms with van der Waals surface area (Å²) < 4.78 is 35.6. The van der Waals surface area contributed by atoms with Crippen LogP contribution in [0, 0.1) is 16.0 Å². The zero-order valence-electron chi connectivity index (χ0n) is 17.1. The van der Waals surface area contributed by atoms with Crippen molar-refractivity contribution < 1.29 is 27.6 Å². The lowest BCUT2D eigenvalue weighted by molar-refractivity contribution is -0.384. The Morgan fingerprint density at radius 2 is 1.84 bits per heavy atom. The molecule has 0 bridgehead atoms. The molecule has 0 spiro atoms. The van der Waals surface area contributed by atoms with E-state index in [0.717, 1.165) is 6.26 Å². The van der Waals surface area contributed by atoms with Gasteiger partial charge in [0, 0.05) is 25.2 Å². The summed E-state index contributed by atoms with van der Waals surface area (Å²) in [7, 11) is -1.86. The van der Waals surface area contributed by atoms with Gasteiger partial charge in [-0.2, -0.15) is 0 Å². The van der Waals surface area contributed by atoms with E-state index < -0.39 is 26.8 Å². The van der Waals surface area contributed by atoms with Crippen LogP contribution in [-0.2, 0) is 14.8 Å². The number of nitrogens with zero attached hydrogens (tertiary/aromatic N) is 2. The van der Waals surface area contributed by atoms with Crippen molar-refractivity contribution in [2.24, 2.45) is 5.92 Å². The van der Waals surface area contributed by atoms with E-state index in [2.05, 4.69) is 5.32 Å². The lowest BCUT2D eigenvalue weighted by Crippen LogP contribution is -2.43. The highest BCUT2D eigenvalue weighted by Crippen LogP contribution is 2.31. The SMILES string of the molecule is COc1ccc(Oc2cc(NC(=O)[C@H]3CCCN(S(C)(=O)=O)C3)cc([N+](=O)[O-])c2)cc1. The van der Waals surface area contributed by atoms with Crippen LogP contribution in [0.3, 0.4) is 0 Å². The maximum Gasteiger partial charge on any atom is 0.275 e. The van der Waals surface area contributed by atoms with Crippen molar-refractivity contribution in [1.29, 1.82) is 0 Å². The second kappa shape index (κ2) is 9.31. The molecular formula is C20H23N3O7S. The molecule has 10 nitrogen and oxygen atoms in total. The first kappa shape index (κ1) is 22.5. The molecule has 1 aliphatic rings. The van der Waals surface area contributed by atoms with Crippen LogP contribution >= 0.6 is 0 Å². The standard InChI is InChI=1S/C20H23N3O7S/c1-29-17-5-7-18(8-6-17)30-19-11-15(10-16(12-19)23(25)26)21-20(24)14-4-3-9-22(13-14)31(2,27)28/h5-8,10-12,14H,3-4,9,13H2,1-2H3,(H,21,24)/t14-/m0/s1. The fourth-order valence-electron chi connectivity index (χ4n) is 3.30. The van der Waals surface area contributed by atoms with E-state index >= 15 is 0 Å². The molecule has 1 atom stereocenters. The van der Waals surface area contributed by atoms with Crippen LogP contribution in [-0.4, -0.2) is 50.0 Å². The van der Waals surface area contributed by atoms with Gasteiger partial charge in [0.1, 0.15) is 17.2 Å². The minimum absolute atomic E-state index is 0.0782. The second-order valence-electron chi connectivity index (χ2n) is 7.20. The van der Waals surface area contributed by atoms with Gasteiger partial charge in [0.15, 0.2) is 0 Å². The third-order valence-corrected chi connectivity index (χ3v) is 6.16. The quantitative estimate of drug-likeness (QED) is 0.508. The van der Waals surface area contributed by atoms with Gasteiger partial charge in [0.2, 0.25) is 15.9 Å². The molecule has 0 radical (unpaired) electrons. The van der Waals surface area contributed by atoms with Gasteiger partial charge in [0.25, 0.3) is 5.69 Å². The van der Waals surface area contributed by atoms with Crippen LogP contribution in [0.2, 0.25) is 0 Å². The summed E-state index contributed by atoms with van der Waals surface area (Å²) in [6.45, 7) is 0.452. The van der Waals surface area contributed by atoms with E-state index in [-0.39, 0.29) is 23.7 Å². The number of hydrogen-bond donors (Lipinski definition) is 1. The number of amides is 1. The molecule has 1 amide bonds. The van der Waals surface area contributed by atoms with Crippen molar-refractivity contribution >= 4 is 27.3 Å². The average molecular weight is 449 g/mol. The molecule has 3 rings (SSSR count). The van der Waals surface area contributed by atoms with Crippen molar-refractivity contribution in [2.45, 2.75) is 12.8 Å². The number of methoxy groups -OCH3 is 1. The highest BCUT2D eigenvalue weighted by Gasteiger charge is 2.30. The lowest BCUT2D eigenvalue weighted by atomic mass is 9.98. The minimum Gasteiger partial charge on any atom is -0.497 e. The number of nitro groups is 1. The molecule has 0 aromatic heterocycles. The molecule has 0 aliphatic carbocycles. The normalized spacial score (nSPS) is 17.0. The Hall–Kier alpha value is -3.18. The number of sulfonamides is 1. The van der Waals surface area contributed by atoms with Gasteiger partial charge in [0.05, 0.1) is 36.0 Å². The van der Waals surface area contributed by atoms with Crippen molar-refractivity contribution in [1.82, 2.24) is 4.31 Å². The van der Waals surface area contributed by atoms with Crippen molar-refractivity contribution in [3.05, 3.63) is 52.6 Å². The Kier molecular flexibility index (Phi) is 6.76. The summed E-state index contributed by atoms with van der Waals surface area (Å²) in [6.07, 6.45) is 2.20. The maximum atomic E-state index is 12.7. The predicted octanol–water partition coefficient (Wildman–Crippen LogP) is 3.01. The fourth-order valence-corrected chi connectivity index (χ4v) is 4.21. The van der Waals surface area contributed by atoms with Crippen LogP contribution in [0.4, 0.5) is 11.4 Å². The van der Waals surface area contributed by atoms with Gasteiger partial charge in [-0.1, -0.05) is 0 Å². The molecule has 2 aromatic carbocycles. The number of carbonyl (C=O) groups is 1. The monoisotopic (exact) mass is 449 g/mol. The highest BCUT2D eigenvalue weighted by atomic mass is 32.2. The van der Waals surface area contributed by atoms with Crippen LogP contribution in [0.5, 0.6) is 17.2 Å². The van der Waals surface area contributed by atoms with Crippen molar-refractivity contribution in [2.75, 3.05) is 31.8 Å². The van der Waals surface area contributed by atoms with Crippen molar-refractivity contribution in [3.8, 4) is 17.2 Å². The van der Waals surface area contributed by atoms with Gasteiger partial charge >= 0.3 is 0 Å². The molecule has 1 N–H and O–H groups in total. The van der Waals surface area contributed by atoms with E-state index in [1.807, 2.05) is 0 Å². The Morgan fingerprint density at radius 3 is 2.45 bits per heavy atom. The summed E-state index contributed by atoms with van der Waals surface area (Å²) >= 11 is 0. The Balaban J connectivity index is 1.78. The Bertz CT molecular complexity index is 1070. The van der Waals surface area contributed by atoms with Crippen molar-refractivity contribution in [3.63, 3.8) is 0 Å². The number of non-ortho nitro benzene ring substituents is 1. The van der Waals surface area contributed by atoms with Gasteiger partial charge in [-0.05, 0) is 37.1 Å². The first-order valence-electron chi connectivity index (χ1n) is 9.53. The second-order valence-corrected chi connectivity index (χ2v) is 9.18. The number of hydrogen-bond acceptors (Lipinski definition) is 7. The maximum absolute atomic E-state index is 12.7. The Labute approximate surface area is 180 Å². The summed E-state index contributed by atoms with van der Waals surface area (Å²) in [6, 6.07) is 10.6. The molecule has 1 heterocycles. The van der Waals surface area contributed by atoms with E-state index in [1.54, 1.807) is 24.3 Å². The highest BCUT2D eigenvalue weighted by molar-refractivity contribution is 7.88. The number of anilines is 1. The van der Waals surface area contributed by atoms with E-state index in [4.69, 9.17) is 9.47 Å². The third-order valence-electron chi connectivity index (χ3n) is 4.89. The molecule has 2 aromatic rings. The number of benzene rings is 2. The summed E-state index contributed by atoms with van der Waals surface area (Å²) in [5.74, 6) is 0.304. The predicted molar refractivity (Wildman–Crippen MR) is 114 cm³/mol. The molecule has 1 saturated heterocycles. The number of ether oxygens (including phenoxy) is 2. The first-order chi connectivity index (χ1) is 14.7. The van der Waals surface area contributed by atoms with Crippen LogP contribution < -0.4 is 14.8 Å². The summed E-state index contributed by atoms with van der Waals surface area (Å²) in [5.41, 5.74) is -0.0538. The van der Waals surface area contributed by atoms with Gasteiger partial charge in [-0.25, -0.2) is 12.7 Å². The molecule has 31 heavy (non-hydrogen) atoms. The van der Waals surface area contributed by atoms with E-state index in [0.29, 0.717) is 30.9 Å².